The molecule has 10 heteroatoms. The lowest BCUT2D eigenvalue weighted by Crippen LogP contribution is -2.23. The van der Waals surface area contributed by atoms with E-state index in [1.165, 1.54) is 63.7 Å². The summed E-state index contributed by atoms with van der Waals surface area (Å²) >= 11 is 0. The van der Waals surface area contributed by atoms with Crippen molar-refractivity contribution in [3.05, 3.63) is 54.1 Å². The third-order valence-electron chi connectivity index (χ3n) is 3.74. The molecule has 0 radical (unpaired) electrons. The van der Waals surface area contributed by atoms with E-state index in [2.05, 4.69) is 10.1 Å². The van der Waals surface area contributed by atoms with Gasteiger partial charge in [-0.25, -0.2) is 12.7 Å². The highest BCUT2D eigenvalue weighted by Crippen LogP contribution is 2.29. The average molecular weight is 426 g/mol. The maximum atomic E-state index is 12.5. The van der Waals surface area contributed by atoms with E-state index in [0.717, 1.165) is 10.4 Å². The van der Waals surface area contributed by atoms with Crippen molar-refractivity contribution >= 4 is 27.7 Å². The van der Waals surface area contributed by atoms with Gasteiger partial charge in [0.2, 0.25) is 15.9 Å². The zero-order chi connectivity index (χ0) is 21.6. The van der Waals surface area contributed by atoms with Gasteiger partial charge in [0.05, 0.1) is 7.11 Å². The lowest BCUT2D eigenvalue weighted by Gasteiger charge is -2.15. The molecule has 0 atom stereocenters. The summed E-state index contributed by atoms with van der Waals surface area (Å²) in [6.45, 7) is -2.99. The lowest BCUT2D eigenvalue weighted by atomic mass is 10.2. The van der Waals surface area contributed by atoms with E-state index in [4.69, 9.17) is 4.74 Å². The molecule has 0 fully saturated rings. The van der Waals surface area contributed by atoms with Crippen LogP contribution in [0, 0.1) is 0 Å². The highest BCUT2D eigenvalue weighted by molar-refractivity contribution is 7.89. The Bertz CT molecular complexity index is 1010. The van der Waals surface area contributed by atoms with Gasteiger partial charge in [-0.15, -0.1) is 0 Å². The molecule has 0 heterocycles. The molecule has 0 saturated carbocycles. The molecule has 29 heavy (non-hydrogen) atoms. The number of alkyl halides is 2. The van der Waals surface area contributed by atoms with Crippen LogP contribution in [0.1, 0.15) is 5.56 Å². The Morgan fingerprint density at radius 1 is 1.14 bits per heavy atom. The smallest absolute Gasteiger partial charge is 0.387 e. The predicted octanol–water partition coefficient (Wildman–Crippen LogP) is 3.20. The molecule has 0 spiro atoms. The van der Waals surface area contributed by atoms with E-state index >= 15 is 0 Å². The molecule has 0 saturated heterocycles. The predicted molar refractivity (Wildman–Crippen MR) is 105 cm³/mol. The molecule has 0 aliphatic rings. The van der Waals surface area contributed by atoms with Gasteiger partial charge in [-0.05, 0) is 30.3 Å². The number of carbonyl (C=O) groups excluding carboxylic acids is 1. The highest BCUT2D eigenvalue weighted by atomic mass is 32.2. The minimum Gasteiger partial charge on any atom is -0.495 e. The van der Waals surface area contributed by atoms with Gasteiger partial charge >= 0.3 is 6.61 Å². The Kier molecular flexibility index (Phi) is 7.29. The van der Waals surface area contributed by atoms with E-state index in [9.17, 15) is 22.0 Å². The molecular weight excluding hydrogens is 406 g/mol. The number of methoxy groups -OCH3 is 1. The fraction of sp³-hybridized carbons (Fsp3) is 0.211. The van der Waals surface area contributed by atoms with E-state index in [-0.39, 0.29) is 27.6 Å². The Hall–Kier alpha value is -2.98. The van der Waals surface area contributed by atoms with E-state index < -0.39 is 22.5 Å². The second kappa shape index (κ2) is 9.48. The Balaban J connectivity index is 2.23. The molecule has 1 N–H and O–H groups in total. The Labute approximate surface area is 167 Å². The first-order valence-corrected chi connectivity index (χ1v) is 9.72. The van der Waals surface area contributed by atoms with Crippen molar-refractivity contribution in [1.82, 2.24) is 4.31 Å². The molecule has 0 bridgehead atoms. The molecule has 1 amide bonds. The number of halogens is 2. The first kappa shape index (κ1) is 22.3. The summed E-state index contributed by atoms with van der Waals surface area (Å²) in [5, 5.41) is 2.52. The number of anilines is 1. The number of hydrogen-bond donors (Lipinski definition) is 1. The quantitative estimate of drug-likeness (QED) is 0.656. The zero-order valence-corrected chi connectivity index (χ0v) is 16.7. The summed E-state index contributed by atoms with van der Waals surface area (Å²) in [5.74, 6) is -0.532. The monoisotopic (exact) mass is 426 g/mol. The summed E-state index contributed by atoms with van der Waals surface area (Å²) in [5.41, 5.74) is 0.506. The van der Waals surface area contributed by atoms with Crippen molar-refractivity contribution in [2.75, 3.05) is 26.5 Å². The van der Waals surface area contributed by atoms with Gasteiger partial charge in [0.1, 0.15) is 16.4 Å². The number of nitrogens with zero attached hydrogens (tertiary/aromatic N) is 1. The van der Waals surface area contributed by atoms with Gasteiger partial charge in [-0.1, -0.05) is 18.2 Å². The van der Waals surface area contributed by atoms with Gasteiger partial charge in [-0.3, -0.25) is 4.79 Å². The third-order valence-corrected chi connectivity index (χ3v) is 5.58. The number of para-hydroxylation sites is 1. The molecule has 2 aromatic rings. The fourth-order valence-electron chi connectivity index (χ4n) is 2.32. The molecule has 156 valence electrons. The van der Waals surface area contributed by atoms with Crippen molar-refractivity contribution in [1.29, 1.82) is 0 Å². The minimum absolute atomic E-state index is 0.0737. The average Bonchev–Trinajstić information content (AvgIpc) is 2.66. The SMILES string of the molecule is COc1ccc(NC(=O)/C=C/c2ccccc2OC(F)F)cc1S(=O)(=O)N(C)C. The van der Waals surface area contributed by atoms with Gasteiger partial charge < -0.3 is 14.8 Å². The summed E-state index contributed by atoms with van der Waals surface area (Å²) in [6.07, 6.45) is 2.44. The summed E-state index contributed by atoms with van der Waals surface area (Å²) < 4.78 is 60.3. The van der Waals surface area contributed by atoms with E-state index in [1.54, 1.807) is 6.07 Å². The molecule has 0 unspecified atom stereocenters. The second-order valence-corrected chi connectivity index (χ2v) is 8.01. The number of nitrogens with one attached hydrogen (secondary N) is 1. The number of carbonyl (C=O) groups is 1. The van der Waals surface area contributed by atoms with Gasteiger partial charge in [0.15, 0.2) is 0 Å². The first-order chi connectivity index (χ1) is 13.6. The molecule has 0 aliphatic carbocycles. The number of sulfonamides is 1. The van der Waals surface area contributed by atoms with Crippen LogP contribution in [0.4, 0.5) is 14.5 Å². The third kappa shape index (κ3) is 5.75. The summed E-state index contributed by atoms with van der Waals surface area (Å²) in [4.78, 5) is 12.1. The number of amides is 1. The van der Waals surface area contributed by atoms with Crippen molar-refractivity contribution in [3.63, 3.8) is 0 Å². The number of benzene rings is 2. The largest absolute Gasteiger partial charge is 0.495 e. The van der Waals surface area contributed by atoms with Crippen LogP contribution in [-0.4, -0.2) is 46.4 Å². The van der Waals surface area contributed by atoms with Crippen LogP contribution in [-0.2, 0) is 14.8 Å². The maximum absolute atomic E-state index is 12.5. The zero-order valence-electron chi connectivity index (χ0n) is 15.9. The summed E-state index contributed by atoms with van der Waals surface area (Å²) in [7, 11) is 0.292. The molecule has 2 aromatic carbocycles. The van der Waals surface area contributed by atoms with E-state index in [1.807, 2.05) is 0 Å². The lowest BCUT2D eigenvalue weighted by molar-refractivity contribution is -0.111. The first-order valence-electron chi connectivity index (χ1n) is 8.28. The normalized spacial score (nSPS) is 11.8. The standard InChI is InChI=1S/C19H20F2N2O5S/c1-23(2)29(25,26)17-12-14(9-10-16(17)27-3)22-18(24)11-8-13-6-4-5-7-15(13)28-19(20)21/h4-12,19H,1-3H3,(H,22,24)/b11-8+. The number of rotatable bonds is 8. The van der Waals surface area contributed by atoms with Crippen LogP contribution >= 0.6 is 0 Å². The van der Waals surface area contributed by atoms with Gasteiger partial charge in [0.25, 0.3) is 0 Å². The Morgan fingerprint density at radius 3 is 2.45 bits per heavy atom. The van der Waals surface area contributed by atoms with Crippen LogP contribution in [0.25, 0.3) is 6.08 Å². The van der Waals surface area contributed by atoms with Crippen LogP contribution in [0.15, 0.2) is 53.4 Å². The topological polar surface area (TPSA) is 84.9 Å². The van der Waals surface area contributed by atoms with Crippen molar-refractivity contribution in [3.8, 4) is 11.5 Å². The second-order valence-electron chi connectivity index (χ2n) is 5.89. The fourth-order valence-corrected chi connectivity index (χ4v) is 3.40. The Morgan fingerprint density at radius 2 is 1.83 bits per heavy atom. The molecule has 7 nitrogen and oxygen atoms in total. The number of hydrogen-bond acceptors (Lipinski definition) is 5. The molecule has 0 aromatic heterocycles. The maximum Gasteiger partial charge on any atom is 0.387 e. The van der Waals surface area contributed by atoms with Gasteiger partial charge in [-0.2, -0.15) is 8.78 Å². The van der Waals surface area contributed by atoms with Crippen molar-refractivity contribution < 1.29 is 31.5 Å². The molecule has 2 rings (SSSR count). The molecule has 0 aliphatic heterocycles. The minimum atomic E-state index is -3.80. The van der Waals surface area contributed by atoms with Crippen LogP contribution in [0.2, 0.25) is 0 Å². The van der Waals surface area contributed by atoms with Crippen molar-refractivity contribution in [2.24, 2.45) is 0 Å². The van der Waals surface area contributed by atoms with Crippen molar-refractivity contribution in [2.45, 2.75) is 11.5 Å². The van der Waals surface area contributed by atoms with Crippen LogP contribution in [0.5, 0.6) is 11.5 Å². The number of ether oxygens (including phenoxy) is 2. The van der Waals surface area contributed by atoms with Crippen LogP contribution in [0.3, 0.4) is 0 Å². The van der Waals surface area contributed by atoms with E-state index in [0.29, 0.717) is 0 Å². The van der Waals surface area contributed by atoms with Gasteiger partial charge in [0, 0.05) is 31.4 Å². The summed E-state index contributed by atoms with van der Waals surface area (Å²) in [6, 6.07) is 10.2. The van der Waals surface area contributed by atoms with Crippen LogP contribution < -0.4 is 14.8 Å². The highest BCUT2D eigenvalue weighted by Gasteiger charge is 2.22. The molecular formula is C19H20F2N2O5S.